The predicted octanol–water partition coefficient (Wildman–Crippen LogP) is 6.36. The van der Waals surface area contributed by atoms with Crippen LogP contribution in [-0.4, -0.2) is 66.0 Å². The number of aromatic nitrogens is 2. The highest BCUT2D eigenvalue weighted by Gasteiger charge is 2.48. The van der Waals surface area contributed by atoms with Gasteiger partial charge in [0.1, 0.15) is 0 Å². The second-order valence-corrected chi connectivity index (χ2v) is 15.0. The molecule has 8 rings (SSSR count). The molecule has 3 N–H and O–H groups in total. The van der Waals surface area contributed by atoms with Gasteiger partial charge in [0.05, 0.1) is 28.5 Å². The van der Waals surface area contributed by atoms with Crippen molar-refractivity contribution in [1.29, 1.82) is 0 Å². The lowest BCUT2D eigenvalue weighted by atomic mass is 9.79. The van der Waals surface area contributed by atoms with E-state index in [4.69, 9.17) is 37.9 Å². The van der Waals surface area contributed by atoms with E-state index >= 15 is 0 Å². The molecule has 3 saturated heterocycles. The number of rotatable bonds is 9. The van der Waals surface area contributed by atoms with E-state index in [1.165, 1.54) is 11.1 Å². The summed E-state index contributed by atoms with van der Waals surface area (Å²) in [5.74, 6) is 0.848. The zero-order valence-corrected chi connectivity index (χ0v) is 29.5. The number of halogens is 2. The van der Waals surface area contributed by atoms with Crippen LogP contribution in [0.4, 0.5) is 0 Å². The number of nitrogens with zero attached hydrogens (tertiary/aromatic N) is 3. The molecule has 5 heterocycles. The molecule has 2 aromatic carbocycles. The molecular weight excluding hydrogens is 671 g/mol. The largest absolute Gasteiger partial charge is 0.481 e. The van der Waals surface area contributed by atoms with Crippen molar-refractivity contribution in [2.45, 2.75) is 57.2 Å². The van der Waals surface area contributed by atoms with Crippen molar-refractivity contribution in [3.8, 4) is 39.5 Å². The Morgan fingerprint density at radius 1 is 0.980 bits per heavy atom. The molecule has 3 aliphatic heterocycles. The minimum atomic E-state index is 0.0664. The fourth-order valence-corrected chi connectivity index (χ4v) is 8.87. The summed E-state index contributed by atoms with van der Waals surface area (Å²) in [7, 11) is 1.64. The van der Waals surface area contributed by atoms with Crippen molar-refractivity contribution < 1.29 is 14.3 Å². The van der Waals surface area contributed by atoms with E-state index in [1.807, 2.05) is 36.4 Å². The van der Waals surface area contributed by atoms with Gasteiger partial charge >= 0.3 is 0 Å². The zero-order chi connectivity index (χ0) is 34.4. The van der Waals surface area contributed by atoms with Crippen LogP contribution in [0.3, 0.4) is 0 Å². The molecule has 2 amide bonds. The third-order valence-corrected chi connectivity index (χ3v) is 11.5. The highest BCUT2D eigenvalue weighted by atomic mass is 35.5. The quantitative estimate of drug-likeness (QED) is 0.186. The van der Waals surface area contributed by atoms with Gasteiger partial charge in [0, 0.05) is 97.1 Å². The van der Waals surface area contributed by atoms with Crippen molar-refractivity contribution in [2.75, 3.05) is 33.3 Å². The van der Waals surface area contributed by atoms with Gasteiger partial charge in [-0.05, 0) is 55.0 Å². The molecule has 4 aromatic rings. The SMILES string of the molecule is COc1nc(-c2cccc(-c3ccnc(-c4ccc5c(c4)CCC[C@H]5NC[C@H]4CCC(=O)N4)c3Cl)c2Cl)ccc1CN1CC2(CNC(=O)C2)C1. The number of fused-ring (bicyclic) bond motifs is 1. The maximum atomic E-state index is 11.8. The number of likely N-dealkylation sites (tertiary alicyclic amines) is 1. The number of amides is 2. The second kappa shape index (κ2) is 13.6. The van der Waals surface area contributed by atoms with Gasteiger partial charge in [-0.25, -0.2) is 4.98 Å². The fourth-order valence-electron chi connectivity index (χ4n) is 8.23. The van der Waals surface area contributed by atoms with Crippen molar-refractivity contribution in [2.24, 2.45) is 5.41 Å². The highest BCUT2D eigenvalue weighted by Crippen LogP contribution is 2.43. The predicted molar refractivity (Wildman–Crippen MR) is 195 cm³/mol. The van der Waals surface area contributed by atoms with Gasteiger partial charge in [0.2, 0.25) is 17.7 Å². The van der Waals surface area contributed by atoms with E-state index in [0.29, 0.717) is 46.7 Å². The molecule has 258 valence electrons. The monoisotopic (exact) mass is 710 g/mol. The average Bonchev–Trinajstić information content (AvgIpc) is 3.72. The van der Waals surface area contributed by atoms with Gasteiger partial charge in [-0.3, -0.25) is 19.5 Å². The number of hydrogen-bond acceptors (Lipinski definition) is 7. The minimum absolute atomic E-state index is 0.0664. The van der Waals surface area contributed by atoms with Gasteiger partial charge < -0.3 is 20.7 Å². The van der Waals surface area contributed by atoms with Crippen LogP contribution in [0.2, 0.25) is 10.0 Å². The molecule has 4 aliphatic rings. The van der Waals surface area contributed by atoms with Gasteiger partial charge in [-0.15, -0.1) is 0 Å². The summed E-state index contributed by atoms with van der Waals surface area (Å²) in [5.41, 5.74) is 8.44. The molecule has 1 aliphatic carbocycles. The van der Waals surface area contributed by atoms with Gasteiger partial charge in [-0.2, -0.15) is 0 Å². The number of methoxy groups -OCH3 is 1. The van der Waals surface area contributed by atoms with Crippen molar-refractivity contribution in [1.82, 2.24) is 30.8 Å². The van der Waals surface area contributed by atoms with E-state index < -0.39 is 0 Å². The molecule has 0 saturated carbocycles. The summed E-state index contributed by atoms with van der Waals surface area (Å²) >= 11 is 14.3. The number of aryl methyl sites for hydroxylation is 1. The summed E-state index contributed by atoms with van der Waals surface area (Å²) in [6, 6.07) is 18.8. The summed E-state index contributed by atoms with van der Waals surface area (Å²) < 4.78 is 5.74. The number of hydrogen-bond donors (Lipinski definition) is 3. The number of carbonyl (C=O) groups excluding carboxylic acids is 2. The standard InChI is InChI=1S/C39H40Cl2N6O3/c1-50-38-25(19-47-21-39(22-47)17-34(49)44-20-39)9-12-32(46-38)30-6-3-5-28(35(30)40)29-14-15-42-37(36(29)41)24-8-11-27-23(16-24)4-2-7-31(27)43-18-26-10-13-33(48)45-26/h3,5-6,8-9,11-12,14-16,26,31,43H,2,4,7,10,13,17-22H2,1H3,(H,44,49)(H,45,48)/t26-,31-/m1/s1. The summed E-state index contributed by atoms with van der Waals surface area (Å²) in [6.07, 6.45) is 7.05. The van der Waals surface area contributed by atoms with Crippen LogP contribution >= 0.6 is 23.2 Å². The van der Waals surface area contributed by atoms with Gasteiger partial charge in [0.15, 0.2) is 0 Å². The number of pyridine rings is 2. The summed E-state index contributed by atoms with van der Waals surface area (Å²) in [5, 5.41) is 10.8. The lowest BCUT2D eigenvalue weighted by Crippen LogP contribution is -2.56. The van der Waals surface area contributed by atoms with Crippen LogP contribution in [-0.2, 0) is 22.6 Å². The Bertz CT molecular complexity index is 1980. The van der Waals surface area contributed by atoms with E-state index in [2.05, 4.69) is 39.0 Å². The molecular formula is C39H40Cl2N6O3. The van der Waals surface area contributed by atoms with Crippen LogP contribution in [0.25, 0.3) is 33.6 Å². The molecule has 2 aromatic heterocycles. The van der Waals surface area contributed by atoms with E-state index in [0.717, 1.165) is 79.7 Å². The van der Waals surface area contributed by atoms with Crippen LogP contribution in [0.15, 0.2) is 60.8 Å². The maximum absolute atomic E-state index is 11.8. The van der Waals surface area contributed by atoms with Crippen LogP contribution in [0, 0.1) is 5.41 Å². The van der Waals surface area contributed by atoms with E-state index in [1.54, 1.807) is 13.3 Å². The first kappa shape index (κ1) is 33.1. The minimum Gasteiger partial charge on any atom is -0.481 e. The molecule has 1 spiro atoms. The Morgan fingerprint density at radius 2 is 1.82 bits per heavy atom. The maximum Gasteiger partial charge on any atom is 0.220 e. The Hall–Kier alpha value is -4.02. The Balaban J connectivity index is 1.02. The molecule has 11 heteroatoms. The number of carbonyl (C=O) groups is 2. The van der Waals surface area contributed by atoms with Gasteiger partial charge in [-0.1, -0.05) is 59.6 Å². The highest BCUT2D eigenvalue weighted by molar-refractivity contribution is 6.39. The first-order valence-corrected chi connectivity index (χ1v) is 18.2. The zero-order valence-electron chi connectivity index (χ0n) is 28.0. The van der Waals surface area contributed by atoms with E-state index in [-0.39, 0.29) is 29.3 Å². The number of benzene rings is 2. The molecule has 50 heavy (non-hydrogen) atoms. The third kappa shape index (κ3) is 6.36. The van der Waals surface area contributed by atoms with Crippen LogP contribution < -0.4 is 20.7 Å². The Morgan fingerprint density at radius 3 is 2.60 bits per heavy atom. The molecule has 0 unspecified atom stereocenters. The van der Waals surface area contributed by atoms with E-state index in [9.17, 15) is 9.59 Å². The lowest BCUT2D eigenvalue weighted by molar-refractivity contribution is -0.121. The normalized spacial score (nSPS) is 21.1. The average molecular weight is 712 g/mol. The lowest BCUT2D eigenvalue weighted by Gasteiger charge is -2.47. The van der Waals surface area contributed by atoms with Crippen LogP contribution in [0.1, 0.15) is 54.8 Å². The molecule has 0 radical (unpaired) electrons. The third-order valence-electron chi connectivity index (χ3n) is 10.7. The van der Waals surface area contributed by atoms with Crippen molar-refractivity contribution in [3.63, 3.8) is 0 Å². The molecule has 9 nitrogen and oxygen atoms in total. The fraction of sp³-hybridized carbons (Fsp3) is 0.385. The topological polar surface area (TPSA) is 108 Å². The number of ether oxygens (including phenoxy) is 1. The molecule has 0 bridgehead atoms. The van der Waals surface area contributed by atoms with Crippen molar-refractivity contribution >= 4 is 35.0 Å². The molecule has 3 fully saturated rings. The smallest absolute Gasteiger partial charge is 0.220 e. The van der Waals surface area contributed by atoms with Gasteiger partial charge in [0.25, 0.3) is 0 Å². The first-order valence-electron chi connectivity index (χ1n) is 17.4. The Labute approximate surface area is 302 Å². The second-order valence-electron chi connectivity index (χ2n) is 14.2. The number of nitrogens with one attached hydrogen (secondary N) is 3. The first-order chi connectivity index (χ1) is 24.3. The summed E-state index contributed by atoms with van der Waals surface area (Å²) in [6.45, 7) is 4.00. The Kier molecular flexibility index (Phi) is 9.02. The van der Waals surface area contributed by atoms with Crippen LogP contribution in [0.5, 0.6) is 5.88 Å². The summed E-state index contributed by atoms with van der Waals surface area (Å²) in [4.78, 5) is 35.3. The molecule has 2 atom stereocenters. The van der Waals surface area contributed by atoms with Crippen molar-refractivity contribution in [3.05, 3.63) is 87.5 Å².